The number of hydrogen-bond donors (Lipinski definition) is 1. The zero-order valence-electron chi connectivity index (χ0n) is 14.0. The van der Waals surface area contributed by atoms with Crippen molar-refractivity contribution in [3.8, 4) is 11.5 Å². The summed E-state index contributed by atoms with van der Waals surface area (Å²) in [5, 5.41) is 13.6. The van der Waals surface area contributed by atoms with Crippen LogP contribution in [-0.4, -0.2) is 24.6 Å². The quantitative estimate of drug-likeness (QED) is 0.599. The van der Waals surface area contributed by atoms with Crippen molar-refractivity contribution in [2.45, 2.75) is 20.1 Å². The molecule has 2 aromatic carbocycles. The van der Waals surface area contributed by atoms with Gasteiger partial charge in [0.05, 0.1) is 12.0 Å². The van der Waals surface area contributed by atoms with Gasteiger partial charge in [-0.05, 0) is 30.7 Å². The van der Waals surface area contributed by atoms with Gasteiger partial charge in [-0.2, -0.15) is 8.78 Å². The highest BCUT2D eigenvalue weighted by molar-refractivity contribution is 5.96. The molecule has 0 aliphatic heterocycles. The van der Waals surface area contributed by atoms with Gasteiger partial charge in [0, 0.05) is 23.7 Å². The van der Waals surface area contributed by atoms with Gasteiger partial charge < -0.3 is 14.8 Å². The molecule has 0 unspecified atom stereocenters. The van der Waals surface area contributed by atoms with Crippen LogP contribution in [0.15, 0.2) is 36.4 Å². The van der Waals surface area contributed by atoms with E-state index < -0.39 is 17.4 Å². The molecule has 0 heterocycles. The molecule has 0 aliphatic rings. The second-order valence-electron chi connectivity index (χ2n) is 5.25. The summed E-state index contributed by atoms with van der Waals surface area (Å²) in [5.74, 6) is -0.506. The van der Waals surface area contributed by atoms with Crippen LogP contribution in [0, 0.1) is 17.0 Å². The molecule has 1 N–H and O–H groups in total. The third-order valence-electron chi connectivity index (χ3n) is 3.64. The fraction of sp³-hybridized carbons (Fsp3) is 0.235. The molecule has 0 atom stereocenters. The van der Waals surface area contributed by atoms with Gasteiger partial charge in [0.1, 0.15) is 0 Å². The monoisotopic (exact) mass is 366 g/mol. The summed E-state index contributed by atoms with van der Waals surface area (Å²) < 4.78 is 34.0. The van der Waals surface area contributed by atoms with Gasteiger partial charge in [-0.15, -0.1) is 0 Å². The van der Waals surface area contributed by atoms with Crippen LogP contribution in [0.4, 0.5) is 14.5 Å². The molecule has 9 heteroatoms. The van der Waals surface area contributed by atoms with Crippen LogP contribution in [-0.2, 0) is 6.54 Å². The van der Waals surface area contributed by atoms with Gasteiger partial charge >= 0.3 is 6.61 Å². The molecule has 0 saturated carbocycles. The van der Waals surface area contributed by atoms with Crippen molar-refractivity contribution < 1.29 is 28.0 Å². The maximum atomic E-state index is 12.3. The van der Waals surface area contributed by atoms with Gasteiger partial charge in [-0.3, -0.25) is 14.9 Å². The van der Waals surface area contributed by atoms with E-state index in [9.17, 15) is 23.7 Å². The fourth-order valence-electron chi connectivity index (χ4n) is 2.36. The number of ether oxygens (including phenoxy) is 2. The Morgan fingerprint density at radius 1 is 1.27 bits per heavy atom. The zero-order valence-corrected chi connectivity index (χ0v) is 14.0. The molecule has 2 rings (SSSR count). The summed E-state index contributed by atoms with van der Waals surface area (Å²) in [5.41, 5.74) is 0.879. The van der Waals surface area contributed by atoms with E-state index in [-0.39, 0.29) is 34.9 Å². The largest absolute Gasteiger partial charge is 0.493 e. The number of nitrogens with one attached hydrogen (secondary N) is 1. The van der Waals surface area contributed by atoms with Crippen molar-refractivity contribution >= 4 is 11.6 Å². The third-order valence-corrected chi connectivity index (χ3v) is 3.64. The summed E-state index contributed by atoms with van der Waals surface area (Å²) in [4.78, 5) is 22.7. The van der Waals surface area contributed by atoms with Crippen LogP contribution in [0.2, 0.25) is 0 Å². The Labute approximate surface area is 147 Å². The van der Waals surface area contributed by atoms with Crippen molar-refractivity contribution in [2.24, 2.45) is 0 Å². The number of amides is 1. The first-order valence-electron chi connectivity index (χ1n) is 7.47. The lowest BCUT2D eigenvalue weighted by Crippen LogP contribution is -2.23. The molecule has 1 amide bonds. The Bertz CT molecular complexity index is 827. The van der Waals surface area contributed by atoms with E-state index in [0.29, 0.717) is 5.56 Å². The van der Waals surface area contributed by atoms with Crippen molar-refractivity contribution in [1.82, 2.24) is 5.32 Å². The maximum absolute atomic E-state index is 12.3. The molecule has 0 spiro atoms. The standard InChI is InChI=1S/C17H16F2N2O5/c1-10-12(4-3-5-13(10)21(23)24)16(22)20-9-11-6-7-14(26-17(18)19)15(8-11)25-2/h3-8,17H,9H2,1-2H3,(H,20,22). The number of nitrogens with zero attached hydrogens (tertiary/aromatic N) is 1. The number of halogens is 2. The van der Waals surface area contributed by atoms with E-state index in [1.54, 1.807) is 0 Å². The Hall–Kier alpha value is -3.23. The average molecular weight is 366 g/mol. The van der Waals surface area contributed by atoms with Gasteiger partial charge in [-0.25, -0.2) is 0 Å². The van der Waals surface area contributed by atoms with E-state index in [4.69, 9.17) is 4.74 Å². The summed E-state index contributed by atoms with van der Waals surface area (Å²) in [7, 11) is 1.31. The summed E-state index contributed by atoms with van der Waals surface area (Å²) in [6.07, 6.45) is 0. The predicted octanol–water partition coefficient (Wildman–Crippen LogP) is 3.44. The first-order chi connectivity index (χ1) is 12.3. The Morgan fingerprint density at radius 3 is 2.62 bits per heavy atom. The van der Waals surface area contributed by atoms with Crippen LogP contribution < -0.4 is 14.8 Å². The first-order valence-corrected chi connectivity index (χ1v) is 7.47. The molecule has 0 saturated heterocycles. The predicted molar refractivity (Wildman–Crippen MR) is 88.6 cm³/mol. The van der Waals surface area contributed by atoms with E-state index in [0.717, 1.165) is 0 Å². The number of carbonyl (C=O) groups excluding carboxylic acids is 1. The summed E-state index contributed by atoms with van der Waals surface area (Å²) in [6, 6.07) is 8.50. The number of nitro groups is 1. The first kappa shape index (κ1) is 19.1. The van der Waals surface area contributed by atoms with Gasteiger partial charge in [0.15, 0.2) is 11.5 Å². The van der Waals surface area contributed by atoms with E-state index in [1.165, 1.54) is 50.4 Å². The van der Waals surface area contributed by atoms with E-state index in [1.807, 2.05) is 0 Å². The van der Waals surface area contributed by atoms with Crippen molar-refractivity contribution in [1.29, 1.82) is 0 Å². The molecule has 7 nitrogen and oxygen atoms in total. The lowest BCUT2D eigenvalue weighted by atomic mass is 10.1. The molecule has 0 fully saturated rings. The molecule has 0 aliphatic carbocycles. The topological polar surface area (TPSA) is 90.7 Å². The molecule has 2 aromatic rings. The Morgan fingerprint density at radius 2 is 2.00 bits per heavy atom. The van der Waals surface area contributed by atoms with Crippen LogP contribution in [0.25, 0.3) is 0 Å². The number of alkyl halides is 2. The maximum Gasteiger partial charge on any atom is 0.387 e. The average Bonchev–Trinajstić information content (AvgIpc) is 2.60. The molecule has 138 valence electrons. The van der Waals surface area contributed by atoms with E-state index >= 15 is 0 Å². The Kier molecular flexibility index (Phi) is 6.05. The van der Waals surface area contributed by atoms with Gasteiger partial charge in [-0.1, -0.05) is 12.1 Å². The third kappa shape index (κ3) is 4.44. The second kappa shape index (κ2) is 8.24. The smallest absolute Gasteiger partial charge is 0.387 e. The molecule has 0 aromatic heterocycles. The van der Waals surface area contributed by atoms with Gasteiger partial charge in [0.25, 0.3) is 11.6 Å². The number of methoxy groups -OCH3 is 1. The summed E-state index contributed by atoms with van der Waals surface area (Å²) >= 11 is 0. The number of benzene rings is 2. The highest BCUT2D eigenvalue weighted by Crippen LogP contribution is 2.29. The lowest BCUT2D eigenvalue weighted by molar-refractivity contribution is -0.385. The lowest BCUT2D eigenvalue weighted by Gasteiger charge is -2.12. The van der Waals surface area contributed by atoms with Crippen molar-refractivity contribution in [2.75, 3.05) is 7.11 Å². The van der Waals surface area contributed by atoms with Crippen LogP contribution in [0.1, 0.15) is 21.5 Å². The highest BCUT2D eigenvalue weighted by Gasteiger charge is 2.18. The Balaban J connectivity index is 2.13. The summed E-state index contributed by atoms with van der Waals surface area (Å²) in [6.45, 7) is -1.41. The van der Waals surface area contributed by atoms with Crippen molar-refractivity contribution in [3.63, 3.8) is 0 Å². The van der Waals surface area contributed by atoms with Crippen LogP contribution >= 0.6 is 0 Å². The number of carbonyl (C=O) groups is 1. The van der Waals surface area contributed by atoms with Gasteiger partial charge in [0.2, 0.25) is 0 Å². The molecule has 26 heavy (non-hydrogen) atoms. The minimum atomic E-state index is -2.98. The van der Waals surface area contributed by atoms with Crippen LogP contribution in [0.5, 0.6) is 11.5 Å². The molecule has 0 radical (unpaired) electrons. The minimum Gasteiger partial charge on any atom is -0.493 e. The van der Waals surface area contributed by atoms with E-state index in [2.05, 4.69) is 10.1 Å². The highest BCUT2D eigenvalue weighted by atomic mass is 19.3. The molecule has 0 bridgehead atoms. The number of nitro benzene ring substituents is 1. The number of hydrogen-bond acceptors (Lipinski definition) is 5. The minimum absolute atomic E-state index is 0.0757. The number of rotatable bonds is 7. The second-order valence-corrected chi connectivity index (χ2v) is 5.25. The zero-order chi connectivity index (χ0) is 19.3. The molecular weight excluding hydrogens is 350 g/mol. The normalized spacial score (nSPS) is 10.5. The molecular formula is C17H16F2N2O5. The SMILES string of the molecule is COc1cc(CNC(=O)c2cccc([N+](=O)[O-])c2C)ccc1OC(F)F. The van der Waals surface area contributed by atoms with Crippen LogP contribution in [0.3, 0.4) is 0 Å². The fourth-order valence-corrected chi connectivity index (χ4v) is 2.36. The van der Waals surface area contributed by atoms with Crippen molar-refractivity contribution in [3.05, 3.63) is 63.2 Å².